The van der Waals surface area contributed by atoms with Gasteiger partial charge in [0.15, 0.2) is 11.6 Å². The minimum absolute atomic E-state index is 0.0128. The second kappa shape index (κ2) is 11.8. The Morgan fingerprint density at radius 3 is 2.26 bits per heavy atom. The Labute approximate surface area is 198 Å². The smallest absolute Gasteiger partial charge is 0.244 e. The maximum atomic E-state index is 13.8. The molecule has 34 heavy (non-hydrogen) atoms. The van der Waals surface area contributed by atoms with Gasteiger partial charge in [-0.1, -0.05) is 19.1 Å². The van der Waals surface area contributed by atoms with Crippen LogP contribution in [0.3, 0.4) is 0 Å². The molecule has 0 aromatic heterocycles. The van der Waals surface area contributed by atoms with Crippen molar-refractivity contribution in [2.75, 3.05) is 30.8 Å². The lowest BCUT2D eigenvalue weighted by Crippen LogP contribution is -2.51. The van der Waals surface area contributed by atoms with Crippen LogP contribution in [-0.2, 0) is 26.2 Å². The van der Waals surface area contributed by atoms with E-state index in [9.17, 15) is 26.8 Å². The van der Waals surface area contributed by atoms with Crippen molar-refractivity contribution in [3.8, 4) is 5.75 Å². The summed E-state index contributed by atoms with van der Waals surface area (Å²) in [6, 6.07) is 8.47. The molecule has 2 aromatic rings. The molecule has 0 heterocycles. The van der Waals surface area contributed by atoms with Crippen molar-refractivity contribution in [2.24, 2.45) is 0 Å². The summed E-state index contributed by atoms with van der Waals surface area (Å²) in [5.74, 6) is -2.88. The molecule has 0 spiro atoms. The summed E-state index contributed by atoms with van der Waals surface area (Å²) >= 11 is 0. The van der Waals surface area contributed by atoms with Crippen LogP contribution in [0.25, 0.3) is 0 Å². The first-order chi connectivity index (χ1) is 16.0. The molecule has 0 aliphatic rings. The molecule has 0 saturated heterocycles. The Bertz CT molecular complexity index is 1110. The lowest BCUT2D eigenvalue weighted by molar-refractivity contribution is -0.139. The molecule has 2 rings (SSSR count). The van der Waals surface area contributed by atoms with Crippen LogP contribution in [0.5, 0.6) is 5.75 Å². The van der Waals surface area contributed by atoms with Gasteiger partial charge in [0.2, 0.25) is 21.8 Å². The summed E-state index contributed by atoms with van der Waals surface area (Å²) in [4.78, 5) is 27.2. The van der Waals surface area contributed by atoms with E-state index < -0.39 is 46.1 Å². The predicted octanol–water partition coefficient (Wildman–Crippen LogP) is 2.68. The van der Waals surface area contributed by atoms with Gasteiger partial charge >= 0.3 is 0 Å². The van der Waals surface area contributed by atoms with Gasteiger partial charge in [-0.2, -0.15) is 0 Å². The number of hydrogen-bond donors (Lipinski definition) is 1. The van der Waals surface area contributed by atoms with E-state index in [2.05, 4.69) is 5.32 Å². The van der Waals surface area contributed by atoms with E-state index in [1.54, 1.807) is 24.3 Å². The standard InChI is InChI=1S/C23H29F2N3O5S/c1-5-12-26-23(30)16(2)27(14-17-6-9-19(33-3)10-7-17)22(29)15-28(34(4,31)32)18-8-11-20(24)21(25)13-18/h6-11,13,16H,5,12,14-15H2,1-4H3,(H,26,30)/t16-/m1/s1. The van der Waals surface area contributed by atoms with Crippen molar-refractivity contribution in [3.05, 3.63) is 59.7 Å². The lowest BCUT2D eigenvalue weighted by atomic mass is 10.1. The van der Waals surface area contributed by atoms with E-state index in [0.29, 0.717) is 34.7 Å². The van der Waals surface area contributed by atoms with Crippen LogP contribution in [0.2, 0.25) is 0 Å². The molecule has 11 heteroatoms. The second-order valence-electron chi connectivity index (χ2n) is 7.70. The first-order valence-electron chi connectivity index (χ1n) is 10.6. The van der Waals surface area contributed by atoms with E-state index >= 15 is 0 Å². The number of methoxy groups -OCH3 is 1. The van der Waals surface area contributed by atoms with Gasteiger partial charge in [0, 0.05) is 19.2 Å². The maximum absolute atomic E-state index is 13.8. The molecule has 8 nitrogen and oxygen atoms in total. The van der Waals surface area contributed by atoms with E-state index in [-0.39, 0.29) is 12.2 Å². The highest BCUT2D eigenvalue weighted by atomic mass is 32.2. The number of hydrogen-bond acceptors (Lipinski definition) is 5. The van der Waals surface area contributed by atoms with E-state index in [1.807, 2.05) is 6.92 Å². The van der Waals surface area contributed by atoms with Crippen LogP contribution in [0, 0.1) is 11.6 Å². The zero-order valence-corrected chi connectivity index (χ0v) is 20.4. The molecule has 0 bridgehead atoms. The van der Waals surface area contributed by atoms with E-state index in [4.69, 9.17) is 4.74 Å². The van der Waals surface area contributed by atoms with Crippen molar-refractivity contribution < 1.29 is 31.5 Å². The summed E-state index contributed by atoms with van der Waals surface area (Å²) in [6.45, 7) is 3.15. The van der Waals surface area contributed by atoms with Crippen LogP contribution < -0.4 is 14.4 Å². The topological polar surface area (TPSA) is 96.0 Å². The van der Waals surface area contributed by atoms with Crippen LogP contribution in [-0.4, -0.2) is 57.6 Å². The first kappa shape index (κ1) is 27.0. The Morgan fingerprint density at radius 2 is 1.74 bits per heavy atom. The molecule has 1 atom stereocenters. The number of carbonyl (C=O) groups is 2. The minimum Gasteiger partial charge on any atom is -0.497 e. The fourth-order valence-corrected chi connectivity index (χ4v) is 4.00. The molecule has 0 unspecified atom stereocenters. The van der Waals surface area contributed by atoms with Gasteiger partial charge in [-0.3, -0.25) is 13.9 Å². The summed E-state index contributed by atoms with van der Waals surface area (Å²) in [7, 11) is -2.52. The third-order valence-electron chi connectivity index (χ3n) is 5.10. The van der Waals surface area contributed by atoms with Crippen LogP contribution >= 0.6 is 0 Å². The minimum atomic E-state index is -4.04. The van der Waals surface area contributed by atoms with Gasteiger partial charge in [0.05, 0.1) is 19.1 Å². The van der Waals surface area contributed by atoms with Crippen LogP contribution in [0.1, 0.15) is 25.8 Å². The van der Waals surface area contributed by atoms with Crippen molar-refractivity contribution in [2.45, 2.75) is 32.9 Å². The third-order valence-corrected chi connectivity index (χ3v) is 6.24. The highest BCUT2D eigenvalue weighted by Crippen LogP contribution is 2.22. The number of carbonyl (C=O) groups excluding carboxylic acids is 2. The van der Waals surface area contributed by atoms with Crippen LogP contribution in [0.4, 0.5) is 14.5 Å². The Balaban J connectivity index is 2.38. The summed E-state index contributed by atoms with van der Waals surface area (Å²) in [6.07, 6.45) is 1.55. The van der Waals surface area contributed by atoms with Gasteiger partial charge in [-0.15, -0.1) is 0 Å². The molecule has 186 valence electrons. The molecule has 2 aromatic carbocycles. The van der Waals surface area contributed by atoms with Crippen molar-refractivity contribution in [3.63, 3.8) is 0 Å². The number of nitrogens with zero attached hydrogens (tertiary/aromatic N) is 2. The third kappa shape index (κ3) is 7.14. The molecular formula is C23H29F2N3O5S. The second-order valence-corrected chi connectivity index (χ2v) is 9.61. The summed E-state index contributed by atoms with van der Waals surface area (Å²) in [5, 5.41) is 2.72. The normalized spacial score (nSPS) is 12.1. The fourth-order valence-electron chi connectivity index (χ4n) is 3.16. The number of amides is 2. The Hall–Kier alpha value is -3.21. The molecule has 0 aliphatic carbocycles. The molecule has 1 N–H and O–H groups in total. The quantitative estimate of drug-likeness (QED) is 0.515. The highest BCUT2D eigenvalue weighted by molar-refractivity contribution is 7.92. The van der Waals surface area contributed by atoms with Crippen molar-refractivity contribution in [1.82, 2.24) is 10.2 Å². The number of benzene rings is 2. The highest BCUT2D eigenvalue weighted by Gasteiger charge is 2.30. The summed E-state index contributed by atoms with van der Waals surface area (Å²) in [5.41, 5.74) is 0.477. The monoisotopic (exact) mass is 497 g/mol. The average Bonchev–Trinajstić information content (AvgIpc) is 2.80. The SMILES string of the molecule is CCCNC(=O)[C@@H](C)N(Cc1ccc(OC)cc1)C(=O)CN(c1ccc(F)c(F)c1)S(C)(=O)=O. The van der Waals surface area contributed by atoms with Gasteiger partial charge in [-0.05, 0) is 43.2 Å². The number of nitrogens with one attached hydrogen (secondary N) is 1. The number of sulfonamides is 1. The molecule has 2 amide bonds. The fraction of sp³-hybridized carbons (Fsp3) is 0.391. The van der Waals surface area contributed by atoms with Gasteiger partial charge in [0.25, 0.3) is 0 Å². The molecule has 0 radical (unpaired) electrons. The number of halogens is 2. The van der Waals surface area contributed by atoms with E-state index in [0.717, 1.165) is 18.4 Å². The molecule has 0 saturated carbocycles. The molecule has 0 fully saturated rings. The largest absolute Gasteiger partial charge is 0.497 e. The Morgan fingerprint density at radius 1 is 1.09 bits per heavy atom. The zero-order chi connectivity index (χ0) is 25.5. The number of rotatable bonds is 11. The Kier molecular flexibility index (Phi) is 9.36. The number of ether oxygens (including phenoxy) is 1. The van der Waals surface area contributed by atoms with Gasteiger partial charge < -0.3 is 15.0 Å². The summed E-state index contributed by atoms with van der Waals surface area (Å²) < 4.78 is 57.8. The average molecular weight is 498 g/mol. The van der Waals surface area contributed by atoms with Crippen molar-refractivity contribution in [1.29, 1.82) is 0 Å². The maximum Gasteiger partial charge on any atom is 0.244 e. The molecular weight excluding hydrogens is 468 g/mol. The lowest BCUT2D eigenvalue weighted by Gasteiger charge is -2.31. The predicted molar refractivity (Wildman–Crippen MR) is 125 cm³/mol. The van der Waals surface area contributed by atoms with Crippen molar-refractivity contribution >= 4 is 27.5 Å². The zero-order valence-electron chi connectivity index (χ0n) is 19.5. The van der Waals surface area contributed by atoms with E-state index in [1.165, 1.54) is 18.9 Å². The van der Waals surface area contributed by atoms with Gasteiger partial charge in [-0.25, -0.2) is 17.2 Å². The molecule has 0 aliphatic heterocycles. The first-order valence-corrected chi connectivity index (χ1v) is 12.5. The number of anilines is 1. The van der Waals surface area contributed by atoms with Crippen LogP contribution in [0.15, 0.2) is 42.5 Å². The van der Waals surface area contributed by atoms with Gasteiger partial charge in [0.1, 0.15) is 18.3 Å².